The molecule has 0 amide bonds. The molecule has 0 fully saturated rings. The van der Waals surface area contributed by atoms with Gasteiger partial charge in [-0.2, -0.15) is 13.2 Å². The summed E-state index contributed by atoms with van der Waals surface area (Å²) >= 11 is 7.34. The van der Waals surface area contributed by atoms with Gasteiger partial charge in [-0.3, -0.25) is 0 Å². The lowest BCUT2D eigenvalue weighted by Gasteiger charge is -2.10. The van der Waals surface area contributed by atoms with E-state index in [1.54, 1.807) is 11.3 Å². The van der Waals surface area contributed by atoms with Crippen molar-refractivity contribution < 1.29 is 13.2 Å². The molecule has 0 bridgehead atoms. The summed E-state index contributed by atoms with van der Waals surface area (Å²) in [6, 6.07) is 0.865. The Labute approximate surface area is 122 Å². The van der Waals surface area contributed by atoms with E-state index >= 15 is 0 Å². The third-order valence-corrected chi connectivity index (χ3v) is 3.62. The quantitative estimate of drug-likeness (QED) is 0.918. The lowest BCUT2D eigenvalue weighted by atomic mass is 10.2. The number of nitrogens with zero attached hydrogens (tertiary/aromatic N) is 2. The first-order chi connectivity index (χ1) is 9.36. The van der Waals surface area contributed by atoms with Gasteiger partial charge in [-0.15, -0.1) is 11.3 Å². The smallest absolute Gasteiger partial charge is 0.368 e. The Morgan fingerprint density at radius 2 is 2.15 bits per heavy atom. The van der Waals surface area contributed by atoms with E-state index in [1.165, 1.54) is 0 Å². The van der Waals surface area contributed by atoms with Crippen LogP contribution in [0.1, 0.15) is 16.3 Å². The van der Waals surface area contributed by atoms with Crippen molar-refractivity contribution in [2.24, 2.45) is 0 Å². The summed E-state index contributed by atoms with van der Waals surface area (Å²) in [5, 5.41) is 5.78. The topological polar surface area (TPSA) is 37.8 Å². The van der Waals surface area contributed by atoms with Crippen molar-refractivity contribution in [3.05, 3.63) is 38.9 Å². The van der Waals surface area contributed by atoms with Gasteiger partial charge in [-0.25, -0.2) is 9.97 Å². The molecular formula is C12H11ClF3N3S. The van der Waals surface area contributed by atoms with Gasteiger partial charge in [-0.05, 0) is 13.0 Å². The minimum atomic E-state index is -4.44. The average Bonchev–Trinajstić information content (AvgIpc) is 2.76. The minimum absolute atomic E-state index is 0.0470. The van der Waals surface area contributed by atoms with Crippen LogP contribution in [0.4, 0.5) is 19.0 Å². The molecule has 0 aliphatic heterocycles. The molecule has 0 aliphatic carbocycles. The van der Waals surface area contributed by atoms with Crippen LogP contribution in [0.5, 0.6) is 0 Å². The van der Waals surface area contributed by atoms with Crippen LogP contribution in [0.25, 0.3) is 0 Å². The van der Waals surface area contributed by atoms with E-state index in [9.17, 15) is 13.2 Å². The first kappa shape index (κ1) is 15.1. The Bertz CT molecular complexity index is 598. The molecule has 0 unspecified atom stereocenters. The van der Waals surface area contributed by atoms with Crippen LogP contribution >= 0.6 is 22.9 Å². The molecule has 20 heavy (non-hydrogen) atoms. The van der Waals surface area contributed by atoms with Crippen LogP contribution in [0.2, 0.25) is 5.02 Å². The van der Waals surface area contributed by atoms with Gasteiger partial charge in [0.2, 0.25) is 0 Å². The molecule has 108 valence electrons. The standard InChI is InChI=1S/C12H11ClF3N3S/c1-7-19-9(6-20-7)2-3-17-11-10(13)4-8(5-18-11)12(14,15)16/h4-6H,2-3H2,1H3,(H,17,18). The maximum absolute atomic E-state index is 12.4. The normalized spacial score (nSPS) is 11.7. The molecule has 2 rings (SSSR count). The van der Waals surface area contributed by atoms with Crippen molar-refractivity contribution in [1.29, 1.82) is 0 Å². The summed E-state index contributed by atoms with van der Waals surface area (Å²) in [5.41, 5.74) is 0.0752. The van der Waals surface area contributed by atoms with Gasteiger partial charge >= 0.3 is 6.18 Å². The van der Waals surface area contributed by atoms with E-state index in [0.29, 0.717) is 13.0 Å². The lowest BCUT2D eigenvalue weighted by Crippen LogP contribution is -2.10. The highest BCUT2D eigenvalue weighted by Crippen LogP contribution is 2.32. The van der Waals surface area contributed by atoms with Crippen LogP contribution in [-0.2, 0) is 12.6 Å². The number of rotatable bonds is 4. The van der Waals surface area contributed by atoms with Crippen molar-refractivity contribution in [3.8, 4) is 0 Å². The largest absolute Gasteiger partial charge is 0.417 e. The van der Waals surface area contributed by atoms with Crippen molar-refractivity contribution in [1.82, 2.24) is 9.97 Å². The number of hydrogen-bond donors (Lipinski definition) is 1. The summed E-state index contributed by atoms with van der Waals surface area (Å²) in [6.45, 7) is 2.41. The fraction of sp³-hybridized carbons (Fsp3) is 0.333. The molecule has 2 heterocycles. The van der Waals surface area contributed by atoms with E-state index < -0.39 is 11.7 Å². The zero-order valence-corrected chi connectivity index (χ0v) is 12.0. The number of thiazole rings is 1. The Morgan fingerprint density at radius 3 is 2.70 bits per heavy atom. The Kier molecular flexibility index (Phi) is 4.49. The molecule has 8 heteroatoms. The predicted octanol–water partition coefficient (Wildman–Crippen LogP) is 4.17. The molecule has 0 aliphatic rings. The number of alkyl halides is 3. The van der Waals surface area contributed by atoms with Gasteiger partial charge in [-0.1, -0.05) is 11.6 Å². The molecule has 3 nitrogen and oxygen atoms in total. The molecule has 2 aromatic heterocycles. The fourth-order valence-electron chi connectivity index (χ4n) is 1.56. The molecule has 0 aromatic carbocycles. The van der Waals surface area contributed by atoms with E-state index in [0.717, 1.165) is 23.0 Å². The highest BCUT2D eigenvalue weighted by Gasteiger charge is 2.31. The highest BCUT2D eigenvalue weighted by atomic mass is 35.5. The van der Waals surface area contributed by atoms with E-state index in [-0.39, 0.29) is 10.8 Å². The maximum Gasteiger partial charge on any atom is 0.417 e. The second-order valence-electron chi connectivity index (χ2n) is 4.09. The van der Waals surface area contributed by atoms with Crippen LogP contribution in [0.15, 0.2) is 17.6 Å². The van der Waals surface area contributed by atoms with Gasteiger partial charge in [0.05, 0.1) is 21.3 Å². The summed E-state index contributed by atoms with van der Waals surface area (Å²) in [7, 11) is 0. The van der Waals surface area contributed by atoms with Gasteiger partial charge in [0, 0.05) is 24.5 Å². The zero-order chi connectivity index (χ0) is 14.8. The number of anilines is 1. The molecule has 0 atom stereocenters. The molecule has 0 spiro atoms. The fourth-order valence-corrected chi connectivity index (χ4v) is 2.44. The average molecular weight is 322 g/mol. The van der Waals surface area contributed by atoms with E-state index in [4.69, 9.17) is 11.6 Å². The molecule has 0 saturated heterocycles. The number of nitrogens with one attached hydrogen (secondary N) is 1. The van der Waals surface area contributed by atoms with Gasteiger partial charge in [0.25, 0.3) is 0 Å². The third kappa shape index (κ3) is 3.83. The monoisotopic (exact) mass is 321 g/mol. The van der Waals surface area contributed by atoms with Gasteiger partial charge in [0.1, 0.15) is 5.82 Å². The van der Waals surface area contributed by atoms with E-state index in [1.807, 2.05) is 12.3 Å². The summed E-state index contributed by atoms with van der Waals surface area (Å²) in [4.78, 5) is 7.99. The number of hydrogen-bond acceptors (Lipinski definition) is 4. The molecule has 2 aromatic rings. The van der Waals surface area contributed by atoms with Crippen LogP contribution in [0, 0.1) is 6.92 Å². The minimum Gasteiger partial charge on any atom is -0.368 e. The first-order valence-electron chi connectivity index (χ1n) is 5.74. The number of aryl methyl sites for hydroxylation is 1. The molecular weight excluding hydrogens is 311 g/mol. The summed E-state index contributed by atoms with van der Waals surface area (Å²) in [5.74, 6) is 0.242. The molecule has 1 N–H and O–H groups in total. The Morgan fingerprint density at radius 1 is 1.40 bits per heavy atom. The Balaban J connectivity index is 1.96. The summed E-state index contributed by atoms with van der Waals surface area (Å²) < 4.78 is 37.3. The van der Waals surface area contributed by atoms with Crippen molar-refractivity contribution in [3.63, 3.8) is 0 Å². The first-order valence-corrected chi connectivity index (χ1v) is 6.99. The second kappa shape index (κ2) is 5.97. The van der Waals surface area contributed by atoms with Crippen LogP contribution < -0.4 is 5.32 Å². The zero-order valence-electron chi connectivity index (χ0n) is 10.5. The second-order valence-corrected chi connectivity index (χ2v) is 5.56. The van der Waals surface area contributed by atoms with Gasteiger partial charge < -0.3 is 5.32 Å². The Hall–Kier alpha value is -1.34. The third-order valence-electron chi connectivity index (χ3n) is 2.51. The molecule has 0 saturated carbocycles. The van der Waals surface area contributed by atoms with Crippen molar-refractivity contribution in [2.75, 3.05) is 11.9 Å². The highest BCUT2D eigenvalue weighted by molar-refractivity contribution is 7.09. The van der Waals surface area contributed by atoms with Crippen molar-refractivity contribution >= 4 is 28.8 Å². The maximum atomic E-state index is 12.4. The summed E-state index contributed by atoms with van der Waals surface area (Å²) in [6.07, 6.45) is -3.02. The number of aromatic nitrogens is 2. The lowest BCUT2D eigenvalue weighted by molar-refractivity contribution is -0.137. The predicted molar refractivity (Wildman–Crippen MR) is 73.3 cm³/mol. The SMILES string of the molecule is Cc1nc(CCNc2ncc(C(F)(F)F)cc2Cl)cs1. The van der Waals surface area contributed by atoms with Crippen LogP contribution in [0.3, 0.4) is 0 Å². The molecule has 0 radical (unpaired) electrons. The number of pyridine rings is 1. The van der Waals surface area contributed by atoms with Gasteiger partial charge in [0.15, 0.2) is 0 Å². The number of halogens is 4. The van der Waals surface area contributed by atoms with Crippen LogP contribution in [-0.4, -0.2) is 16.5 Å². The van der Waals surface area contributed by atoms with E-state index in [2.05, 4.69) is 15.3 Å². The van der Waals surface area contributed by atoms with Crippen molar-refractivity contribution in [2.45, 2.75) is 19.5 Å².